The van der Waals surface area contributed by atoms with Crippen LogP contribution in [0.3, 0.4) is 0 Å². The first-order valence-corrected chi connectivity index (χ1v) is 5.87. The average Bonchev–Trinajstić information content (AvgIpc) is 2.35. The Kier molecular flexibility index (Phi) is 6.67. The Morgan fingerprint density at radius 3 is 1.74 bits per heavy atom. The highest BCUT2D eigenvalue weighted by molar-refractivity contribution is 6.06. The SMILES string of the molecule is CCOC(=O)C(CC(=O)CC)(C(=O)OCC)[N+](=O)[O-]. The van der Waals surface area contributed by atoms with Crippen molar-refractivity contribution in [3.05, 3.63) is 10.1 Å². The molecule has 0 aromatic heterocycles. The molecule has 0 bridgehead atoms. The predicted molar refractivity (Wildman–Crippen MR) is 62.9 cm³/mol. The lowest BCUT2D eigenvalue weighted by Gasteiger charge is -2.20. The number of ketones is 1. The van der Waals surface area contributed by atoms with E-state index < -0.39 is 34.6 Å². The molecule has 0 saturated carbocycles. The van der Waals surface area contributed by atoms with Crippen molar-refractivity contribution < 1.29 is 28.8 Å². The van der Waals surface area contributed by atoms with Gasteiger partial charge in [0.05, 0.1) is 24.6 Å². The van der Waals surface area contributed by atoms with Gasteiger partial charge in [0, 0.05) is 6.42 Å². The normalized spacial score (nSPS) is 10.7. The molecule has 8 nitrogen and oxygen atoms in total. The van der Waals surface area contributed by atoms with Gasteiger partial charge in [0.2, 0.25) is 0 Å². The van der Waals surface area contributed by atoms with Gasteiger partial charge in [-0.2, -0.15) is 0 Å². The van der Waals surface area contributed by atoms with Crippen LogP contribution >= 0.6 is 0 Å². The van der Waals surface area contributed by atoms with Gasteiger partial charge in [-0.05, 0) is 13.8 Å². The Morgan fingerprint density at radius 2 is 1.47 bits per heavy atom. The number of rotatable bonds is 8. The van der Waals surface area contributed by atoms with E-state index >= 15 is 0 Å². The first kappa shape index (κ1) is 17.0. The first-order valence-electron chi connectivity index (χ1n) is 5.87. The van der Waals surface area contributed by atoms with Crippen molar-refractivity contribution in [3.8, 4) is 0 Å². The molecule has 0 radical (unpaired) electrons. The molecule has 0 aromatic rings. The largest absolute Gasteiger partial charge is 0.460 e. The van der Waals surface area contributed by atoms with Gasteiger partial charge >= 0.3 is 17.5 Å². The maximum atomic E-state index is 11.8. The van der Waals surface area contributed by atoms with Crippen molar-refractivity contribution in [2.45, 2.75) is 39.2 Å². The second kappa shape index (κ2) is 7.45. The molecule has 0 aliphatic carbocycles. The predicted octanol–water partition coefficient (Wildman–Crippen LogP) is 0.497. The lowest BCUT2D eigenvalue weighted by atomic mass is 9.92. The zero-order valence-corrected chi connectivity index (χ0v) is 11.1. The lowest BCUT2D eigenvalue weighted by Crippen LogP contribution is -2.56. The van der Waals surface area contributed by atoms with Crippen molar-refractivity contribution >= 4 is 17.7 Å². The number of hydrogen-bond donors (Lipinski definition) is 0. The van der Waals surface area contributed by atoms with Crippen LogP contribution in [0.1, 0.15) is 33.6 Å². The molecule has 0 amide bonds. The van der Waals surface area contributed by atoms with Crippen LogP contribution in [0.15, 0.2) is 0 Å². The van der Waals surface area contributed by atoms with E-state index in [2.05, 4.69) is 9.47 Å². The van der Waals surface area contributed by atoms with Gasteiger partial charge in [-0.25, -0.2) is 9.59 Å². The molecule has 0 rings (SSSR count). The monoisotopic (exact) mass is 275 g/mol. The van der Waals surface area contributed by atoms with E-state index in [-0.39, 0.29) is 19.6 Å². The number of esters is 2. The third-order valence-corrected chi connectivity index (χ3v) is 2.39. The van der Waals surface area contributed by atoms with Crippen molar-refractivity contribution in [1.29, 1.82) is 0 Å². The second-order valence-electron chi connectivity index (χ2n) is 3.63. The van der Waals surface area contributed by atoms with Crippen molar-refractivity contribution in [2.24, 2.45) is 0 Å². The summed E-state index contributed by atoms with van der Waals surface area (Å²) in [6.45, 7) is 4.07. The van der Waals surface area contributed by atoms with E-state index in [1.54, 1.807) is 0 Å². The Labute approximate surface area is 110 Å². The molecule has 0 saturated heterocycles. The van der Waals surface area contributed by atoms with Crippen molar-refractivity contribution in [3.63, 3.8) is 0 Å². The van der Waals surface area contributed by atoms with Gasteiger partial charge in [0.25, 0.3) is 0 Å². The average molecular weight is 275 g/mol. The second-order valence-corrected chi connectivity index (χ2v) is 3.63. The molecule has 8 heteroatoms. The maximum Gasteiger partial charge on any atom is 0.417 e. The van der Waals surface area contributed by atoms with E-state index in [1.807, 2.05) is 0 Å². The fourth-order valence-electron chi connectivity index (χ4n) is 1.35. The molecule has 0 unspecified atom stereocenters. The van der Waals surface area contributed by atoms with Crippen molar-refractivity contribution in [2.75, 3.05) is 13.2 Å². The quantitative estimate of drug-likeness (QED) is 0.274. The summed E-state index contributed by atoms with van der Waals surface area (Å²) in [6.07, 6.45) is -0.900. The Balaban J connectivity index is 5.59. The molecule has 0 N–H and O–H groups in total. The minimum atomic E-state index is -2.81. The first-order chi connectivity index (χ1) is 8.86. The molecule has 0 fully saturated rings. The van der Waals surface area contributed by atoms with Crippen molar-refractivity contribution in [1.82, 2.24) is 0 Å². The summed E-state index contributed by atoms with van der Waals surface area (Å²) in [7, 11) is 0. The van der Waals surface area contributed by atoms with E-state index in [9.17, 15) is 24.5 Å². The van der Waals surface area contributed by atoms with Crippen LogP contribution in [0, 0.1) is 10.1 Å². The third-order valence-electron chi connectivity index (χ3n) is 2.39. The van der Waals surface area contributed by atoms with E-state index in [1.165, 1.54) is 20.8 Å². The number of hydrogen-bond acceptors (Lipinski definition) is 7. The van der Waals surface area contributed by atoms with Crippen LogP contribution in [0.25, 0.3) is 0 Å². The fraction of sp³-hybridized carbons (Fsp3) is 0.727. The Hall–Kier alpha value is -1.99. The highest BCUT2D eigenvalue weighted by Crippen LogP contribution is 2.21. The summed E-state index contributed by atoms with van der Waals surface area (Å²) in [5.41, 5.74) is -2.81. The van der Waals surface area contributed by atoms with Crippen LogP contribution in [0.5, 0.6) is 0 Å². The van der Waals surface area contributed by atoms with Crippen LogP contribution in [-0.2, 0) is 23.9 Å². The van der Waals surface area contributed by atoms with Gasteiger partial charge in [-0.1, -0.05) is 6.92 Å². The Morgan fingerprint density at radius 1 is 1.05 bits per heavy atom. The van der Waals surface area contributed by atoms with Crippen LogP contribution in [-0.4, -0.2) is 41.4 Å². The van der Waals surface area contributed by atoms with E-state index in [0.717, 1.165) is 0 Å². The number of nitrogens with zero attached hydrogens (tertiary/aromatic N) is 1. The highest BCUT2D eigenvalue weighted by atomic mass is 16.7. The fourth-order valence-corrected chi connectivity index (χ4v) is 1.35. The Bertz CT molecular complexity index is 359. The zero-order valence-electron chi connectivity index (χ0n) is 11.1. The van der Waals surface area contributed by atoms with Crippen LogP contribution in [0.4, 0.5) is 0 Å². The third kappa shape index (κ3) is 3.73. The molecular weight excluding hydrogens is 258 g/mol. The minimum absolute atomic E-state index is 0.0333. The smallest absolute Gasteiger partial charge is 0.417 e. The summed E-state index contributed by atoms with van der Waals surface area (Å²) < 4.78 is 9.10. The maximum absolute atomic E-state index is 11.8. The molecule has 19 heavy (non-hydrogen) atoms. The van der Waals surface area contributed by atoms with Gasteiger partial charge in [-0.15, -0.1) is 0 Å². The minimum Gasteiger partial charge on any atom is -0.460 e. The summed E-state index contributed by atoms with van der Waals surface area (Å²) in [6, 6.07) is 0. The highest BCUT2D eigenvalue weighted by Gasteiger charge is 2.62. The van der Waals surface area contributed by atoms with Gasteiger partial charge in [0.15, 0.2) is 0 Å². The van der Waals surface area contributed by atoms with Gasteiger partial charge in [0.1, 0.15) is 5.78 Å². The molecule has 0 spiro atoms. The van der Waals surface area contributed by atoms with Crippen LogP contribution in [0.2, 0.25) is 0 Å². The molecular formula is C11H17NO7. The number of nitro groups is 1. The molecule has 0 atom stereocenters. The summed E-state index contributed by atoms with van der Waals surface area (Å²) in [5.74, 6) is -3.35. The zero-order chi connectivity index (χ0) is 15.1. The van der Waals surface area contributed by atoms with Gasteiger partial charge in [-0.3, -0.25) is 14.9 Å². The van der Waals surface area contributed by atoms with E-state index in [0.29, 0.717) is 0 Å². The molecule has 0 aliphatic heterocycles. The molecule has 0 aliphatic rings. The standard InChI is InChI=1S/C11H17NO7/c1-4-8(13)7-11(12(16)17,9(14)18-5-2)10(15)19-6-3/h4-7H2,1-3H3. The molecule has 0 aromatic carbocycles. The summed E-state index contributed by atoms with van der Waals surface area (Å²) in [4.78, 5) is 45.0. The molecule has 0 heterocycles. The van der Waals surface area contributed by atoms with Gasteiger partial charge < -0.3 is 9.47 Å². The number of ether oxygens (including phenoxy) is 2. The summed E-state index contributed by atoms with van der Waals surface area (Å²) in [5, 5.41) is 11.2. The van der Waals surface area contributed by atoms with Crippen LogP contribution < -0.4 is 0 Å². The summed E-state index contributed by atoms with van der Waals surface area (Å²) >= 11 is 0. The number of carbonyl (C=O) groups excluding carboxylic acids is 3. The lowest BCUT2D eigenvalue weighted by molar-refractivity contribution is -0.540. The molecule has 108 valence electrons. The number of Topliss-reactive ketones (excluding diaryl/α,β-unsaturated/α-hetero) is 1. The van der Waals surface area contributed by atoms with E-state index in [4.69, 9.17) is 0 Å². The number of carbonyl (C=O) groups is 3. The topological polar surface area (TPSA) is 113 Å².